The molecule has 1 aromatic heterocycles. The molecule has 7 rings (SSSR count). The molecule has 0 bridgehead atoms. The number of hydrogen-bond donors (Lipinski definition) is 4. The molecule has 3 unspecified atom stereocenters. The molecule has 1 radical (unpaired) electrons. The van der Waals surface area contributed by atoms with Crippen LogP contribution in [0.15, 0.2) is 66.1 Å². The number of benzene rings is 1. The second-order valence-electron chi connectivity index (χ2n) is 18.4. The first-order valence-corrected chi connectivity index (χ1v) is 24.3. The Balaban J connectivity index is 0.000000232. The number of aliphatic hydroxyl groups is 1. The van der Waals surface area contributed by atoms with E-state index in [1.807, 2.05) is 24.3 Å². The van der Waals surface area contributed by atoms with Crippen LogP contribution in [0.25, 0.3) is 16.6 Å². The number of likely N-dealkylation sites (tertiary alicyclic amines) is 2. The molecule has 62 heavy (non-hydrogen) atoms. The van der Waals surface area contributed by atoms with Gasteiger partial charge in [-0.3, -0.25) is 14.4 Å². The molecule has 1 aromatic carbocycles. The standard InChI is InChI=1S/C27H38N3O2.C22H35N3O3S.Y/c28-24-15-9-12-21(24)11-3-1-4-14-23-26(22-13-5-6-16-25(22)29-27(23)31)32-20-10-19-30-17-7-2-8-18-30;1-4-8-17(15(2)24-29-22(3)12-13-22)23-20(27)18-11-7-14-25(18)21(28)19(26)16-9-5-6-10-16;/h1,4-6,13,16,21,24,28H,2-3,7-12,14-15,17-20H2,(H,29,31);4,16-19,24,26H,1-2,5-14H2,3H3,(H,23,27);/q-1;;/b4-1+;;/t21?,24-;17?,18?,19-;/m10./s1. The van der Waals surface area contributed by atoms with Crippen molar-refractivity contribution >= 4 is 34.7 Å². The van der Waals surface area contributed by atoms with Crippen molar-refractivity contribution in [1.29, 1.82) is 0 Å². The van der Waals surface area contributed by atoms with Gasteiger partial charge < -0.3 is 40.4 Å². The first-order valence-electron chi connectivity index (χ1n) is 23.4. The van der Waals surface area contributed by atoms with Crippen LogP contribution in [0.5, 0.6) is 5.75 Å². The molecule has 5 N–H and O–H groups in total. The summed E-state index contributed by atoms with van der Waals surface area (Å²) in [6, 6.07) is 7.25. The molecule has 13 heteroatoms. The number of H-pyrrole nitrogens is 1. The number of fused-ring (bicyclic) bond motifs is 1. The van der Waals surface area contributed by atoms with E-state index >= 15 is 0 Å². The number of piperidine rings is 1. The number of aliphatic hydroxyl groups excluding tert-OH is 1. The number of ether oxygens (including phenoxy) is 1. The van der Waals surface area contributed by atoms with Crippen LogP contribution in [-0.2, 0) is 48.7 Å². The van der Waals surface area contributed by atoms with Crippen LogP contribution in [-0.4, -0.2) is 93.5 Å². The minimum atomic E-state index is -0.984. The van der Waals surface area contributed by atoms with Gasteiger partial charge in [0.05, 0.1) is 23.7 Å². The summed E-state index contributed by atoms with van der Waals surface area (Å²) in [4.78, 5) is 45.9. The second kappa shape index (κ2) is 25.3. The van der Waals surface area contributed by atoms with E-state index < -0.39 is 12.1 Å². The largest absolute Gasteiger partial charge is 0.674 e. The summed E-state index contributed by atoms with van der Waals surface area (Å²) >= 11 is 1.66. The summed E-state index contributed by atoms with van der Waals surface area (Å²) in [6.07, 6.45) is 24.4. The Labute approximate surface area is 400 Å². The van der Waals surface area contributed by atoms with Crippen LogP contribution in [0.1, 0.15) is 128 Å². The Kier molecular flexibility index (Phi) is 20.6. The van der Waals surface area contributed by atoms with E-state index in [-0.39, 0.29) is 72.8 Å². The third-order valence-electron chi connectivity index (χ3n) is 13.6. The van der Waals surface area contributed by atoms with Crippen LogP contribution in [0, 0.1) is 11.8 Å². The minimum absolute atomic E-state index is 0. The van der Waals surface area contributed by atoms with Gasteiger partial charge >= 0.3 is 0 Å². The van der Waals surface area contributed by atoms with Crippen LogP contribution < -0.4 is 20.3 Å². The second-order valence-corrected chi connectivity index (χ2v) is 19.8. The van der Waals surface area contributed by atoms with Crippen LogP contribution in [0.2, 0.25) is 0 Å². The van der Waals surface area contributed by atoms with E-state index in [2.05, 4.69) is 52.2 Å². The summed E-state index contributed by atoms with van der Waals surface area (Å²) in [5.41, 5.74) is 10.3. The number of carbonyl (C=O) groups excluding carboxylic acids is 2. The topological polar surface area (TPSA) is 151 Å². The molecule has 3 aliphatic carbocycles. The molecule has 2 aromatic rings. The molecule has 3 saturated carbocycles. The zero-order valence-electron chi connectivity index (χ0n) is 37.4. The van der Waals surface area contributed by atoms with Gasteiger partial charge in [0, 0.05) is 61.6 Å². The van der Waals surface area contributed by atoms with E-state index in [0.717, 1.165) is 92.2 Å². The van der Waals surface area contributed by atoms with E-state index in [0.29, 0.717) is 38.3 Å². The molecule has 5 fully saturated rings. The molecule has 3 heterocycles. The zero-order chi connectivity index (χ0) is 43.2. The summed E-state index contributed by atoms with van der Waals surface area (Å²) in [6.45, 7) is 14.7. The molecule has 0 spiro atoms. The molecule has 2 saturated heterocycles. The molecule has 5 atom stereocenters. The summed E-state index contributed by atoms with van der Waals surface area (Å²) < 4.78 is 9.82. The first kappa shape index (κ1) is 50.5. The monoisotopic (exact) mass is 946 g/mol. The molecular weight excluding hydrogens is 874 g/mol. The predicted molar refractivity (Wildman–Crippen MR) is 249 cm³/mol. The van der Waals surface area contributed by atoms with Gasteiger partial charge in [-0.2, -0.15) is 0 Å². The number of nitrogens with zero attached hydrogens (tertiary/aromatic N) is 2. The number of nitrogens with one attached hydrogen (secondary N) is 4. The number of para-hydroxylation sites is 1. The quantitative estimate of drug-likeness (QED) is 0.0585. The fourth-order valence-corrected chi connectivity index (χ4v) is 10.3. The number of allylic oxidation sites excluding steroid dienone is 2. The van der Waals surface area contributed by atoms with Crippen molar-refractivity contribution in [1.82, 2.24) is 24.8 Å². The van der Waals surface area contributed by atoms with Gasteiger partial charge in [0.15, 0.2) is 0 Å². The van der Waals surface area contributed by atoms with Crippen molar-refractivity contribution in [2.75, 3.05) is 32.8 Å². The van der Waals surface area contributed by atoms with Gasteiger partial charge in [-0.05, 0) is 133 Å². The van der Waals surface area contributed by atoms with Crippen LogP contribution in [0.4, 0.5) is 0 Å². The minimum Gasteiger partial charge on any atom is -0.674 e. The van der Waals surface area contributed by atoms with Crippen molar-refractivity contribution in [3.05, 3.63) is 83.0 Å². The van der Waals surface area contributed by atoms with Gasteiger partial charge in [0.2, 0.25) is 5.91 Å². The zero-order valence-corrected chi connectivity index (χ0v) is 41.0. The van der Waals surface area contributed by atoms with Crippen molar-refractivity contribution in [3.63, 3.8) is 0 Å². The third kappa shape index (κ3) is 14.5. The van der Waals surface area contributed by atoms with Gasteiger partial charge in [0.1, 0.15) is 17.9 Å². The van der Waals surface area contributed by atoms with E-state index in [9.17, 15) is 19.5 Å². The average Bonchev–Trinajstić information content (AvgIpc) is 3.70. The average molecular weight is 947 g/mol. The van der Waals surface area contributed by atoms with E-state index in [1.54, 1.807) is 22.9 Å². The maximum absolute atomic E-state index is 13.0. The molecule has 2 aliphatic heterocycles. The van der Waals surface area contributed by atoms with Gasteiger partial charge in [0.25, 0.3) is 11.5 Å². The van der Waals surface area contributed by atoms with Crippen LogP contribution in [0.3, 0.4) is 0 Å². The van der Waals surface area contributed by atoms with Crippen molar-refractivity contribution in [2.24, 2.45) is 11.8 Å². The first-order chi connectivity index (χ1) is 29.6. The number of amides is 2. The summed E-state index contributed by atoms with van der Waals surface area (Å²) in [5, 5.41) is 14.6. The maximum Gasteiger partial charge on any atom is 0.255 e. The Morgan fingerprint density at radius 1 is 1.03 bits per heavy atom. The summed E-state index contributed by atoms with van der Waals surface area (Å²) in [7, 11) is 0. The Bertz CT molecular complexity index is 1860. The Morgan fingerprint density at radius 3 is 2.50 bits per heavy atom. The normalized spacial score (nSPS) is 23.3. The number of rotatable bonds is 20. The Morgan fingerprint density at radius 2 is 1.79 bits per heavy atom. The molecule has 5 aliphatic rings. The van der Waals surface area contributed by atoms with Gasteiger partial charge in [-0.25, -0.2) is 0 Å². The Hall–Kier alpha value is -2.48. The predicted octanol–water partition coefficient (Wildman–Crippen LogP) is 8.77. The molecular formula is C49H73N6O5SY-. The SMILES string of the molecule is C=CCC(NC(=O)C1CCCN1C(=O)[C@@H](O)C1CCCC1)C(=C)NSC1(C)CC1.[NH-][C@@H]1CCCC1CC/C=C/Cc1c(OCCCN2CCCCC2)c2ccccc2[nH]c1=O.[Y]. The number of aromatic nitrogens is 1. The number of pyridine rings is 1. The smallest absolute Gasteiger partial charge is 0.255 e. The number of hydrogen-bond acceptors (Lipinski definition) is 8. The number of aromatic amines is 1. The number of carbonyl (C=O) groups is 2. The molecule has 339 valence electrons. The third-order valence-corrected chi connectivity index (χ3v) is 14.9. The van der Waals surface area contributed by atoms with Crippen molar-refractivity contribution in [2.45, 2.75) is 158 Å². The van der Waals surface area contributed by atoms with Crippen molar-refractivity contribution < 1.29 is 52.1 Å². The maximum atomic E-state index is 13.0. The van der Waals surface area contributed by atoms with E-state index in [1.165, 1.54) is 58.0 Å². The molecule has 11 nitrogen and oxygen atoms in total. The van der Waals surface area contributed by atoms with E-state index in [4.69, 9.17) is 10.5 Å². The van der Waals surface area contributed by atoms with Crippen LogP contribution >= 0.6 is 11.9 Å². The molecule has 2 amide bonds. The van der Waals surface area contributed by atoms with Gasteiger partial charge in [-0.15, -0.1) is 12.6 Å². The fraction of sp³-hybridized carbons (Fsp3) is 0.653. The fourth-order valence-electron chi connectivity index (χ4n) is 9.47. The van der Waals surface area contributed by atoms with Gasteiger partial charge in [-0.1, -0.05) is 81.4 Å². The summed E-state index contributed by atoms with van der Waals surface area (Å²) in [5.74, 6) is 0.859. The van der Waals surface area contributed by atoms with Crippen molar-refractivity contribution in [3.8, 4) is 5.75 Å².